The number of aryl methyl sites for hydroxylation is 2. The van der Waals surface area contributed by atoms with Gasteiger partial charge in [-0.25, -0.2) is 0 Å². The van der Waals surface area contributed by atoms with E-state index in [1.807, 2.05) is 18.3 Å². The summed E-state index contributed by atoms with van der Waals surface area (Å²) in [5.74, 6) is 0.927. The molecule has 3 heterocycles. The molecular weight excluding hydrogens is 500 g/mol. The van der Waals surface area contributed by atoms with E-state index in [0.29, 0.717) is 11.2 Å². The van der Waals surface area contributed by atoms with Gasteiger partial charge < -0.3 is 19.5 Å². The van der Waals surface area contributed by atoms with Gasteiger partial charge in [0.2, 0.25) is 0 Å². The number of rotatable bonds is 7. The molecule has 0 amide bonds. The number of benzene rings is 2. The van der Waals surface area contributed by atoms with Crippen molar-refractivity contribution in [3.05, 3.63) is 107 Å². The molecule has 1 aliphatic heterocycles. The van der Waals surface area contributed by atoms with Gasteiger partial charge in [-0.15, -0.1) is 0 Å². The van der Waals surface area contributed by atoms with E-state index < -0.39 is 0 Å². The minimum absolute atomic E-state index is 0.0530. The summed E-state index contributed by atoms with van der Waals surface area (Å²) in [6, 6.07) is 25.4. The molecule has 2 fully saturated rings. The summed E-state index contributed by atoms with van der Waals surface area (Å²) in [6.45, 7) is 6.63. The zero-order valence-electron chi connectivity index (χ0n) is 22.9. The van der Waals surface area contributed by atoms with E-state index in [4.69, 9.17) is 21.9 Å². The first kappa shape index (κ1) is 25.6. The zero-order valence-corrected chi connectivity index (χ0v) is 23.7. The highest BCUT2D eigenvalue weighted by molar-refractivity contribution is 7.80. The Hall–Kier alpha value is -3.64. The number of aromatic nitrogens is 2. The third-order valence-corrected chi connectivity index (χ3v) is 8.53. The standard InChI is InChI=1S/C33H36N4OS/c1-4-24-11-5-8-15-30(24)36-22(2)21-28(23(36)3)32-31(29-14-9-10-20-34-29)35-33(39)37(32)25-16-18-27(19-17-25)38-26-12-6-7-13-26/h5,8-11,14-21,26,31-32H,4,6-7,12-13H2,1-3H3,(H,35,39)/t31-,32+/m1/s1. The summed E-state index contributed by atoms with van der Waals surface area (Å²) in [5.41, 5.74) is 8.28. The third kappa shape index (κ3) is 4.82. The molecule has 0 spiro atoms. The van der Waals surface area contributed by atoms with Crippen LogP contribution >= 0.6 is 12.2 Å². The van der Waals surface area contributed by atoms with Gasteiger partial charge in [-0.2, -0.15) is 0 Å². The molecule has 0 bridgehead atoms. The second-order valence-corrected chi connectivity index (χ2v) is 11.0. The molecular formula is C33H36N4OS. The van der Waals surface area contributed by atoms with Crippen LogP contribution in [0.15, 0.2) is 79.0 Å². The smallest absolute Gasteiger partial charge is 0.174 e. The van der Waals surface area contributed by atoms with Crippen LogP contribution in [0, 0.1) is 13.8 Å². The topological polar surface area (TPSA) is 42.3 Å². The Labute approximate surface area is 236 Å². The molecule has 200 valence electrons. The molecule has 4 aromatic rings. The van der Waals surface area contributed by atoms with Crippen molar-refractivity contribution in [3.63, 3.8) is 0 Å². The maximum atomic E-state index is 6.25. The van der Waals surface area contributed by atoms with E-state index in [0.717, 1.165) is 36.4 Å². The van der Waals surface area contributed by atoms with Gasteiger partial charge in [0.15, 0.2) is 5.11 Å². The van der Waals surface area contributed by atoms with Crippen LogP contribution in [0.25, 0.3) is 5.69 Å². The number of thiocarbonyl (C=S) groups is 1. The van der Waals surface area contributed by atoms with Crippen LogP contribution < -0.4 is 15.0 Å². The Morgan fingerprint density at radius 2 is 1.72 bits per heavy atom. The van der Waals surface area contributed by atoms with Crippen LogP contribution in [-0.4, -0.2) is 20.8 Å². The van der Waals surface area contributed by atoms with Crippen molar-refractivity contribution < 1.29 is 4.74 Å². The van der Waals surface area contributed by atoms with Gasteiger partial charge >= 0.3 is 0 Å². The van der Waals surface area contributed by atoms with E-state index in [1.54, 1.807) is 0 Å². The maximum absolute atomic E-state index is 6.25. The third-order valence-electron chi connectivity index (χ3n) is 8.22. The van der Waals surface area contributed by atoms with E-state index in [9.17, 15) is 0 Å². The molecule has 0 radical (unpaired) electrons. The molecule has 2 aromatic heterocycles. The molecule has 5 nitrogen and oxygen atoms in total. The number of nitrogens with zero attached hydrogens (tertiary/aromatic N) is 3. The number of hydrogen-bond acceptors (Lipinski definition) is 3. The van der Waals surface area contributed by atoms with Crippen molar-refractivity contribution >= 4 is 23.0 Å². The van der Waals surface area contributed by atoms with Crippen molar-refractivity contribution in [3.8, 4) is 11.4 Å². The molecule has 2 aliphatic rings. The second kappa shape index (κ2) is 10.9. The highest BCUT2D eigenvalue weighted by Crippen LogP contribution is 2.44. The highest BCUT2D eigenvalue weighted by Gasteiger charge is 2.42. The molecule has 2 aromatic carbocycles. The van der Waals surface area contributed by atoms with Crippen LogP contribution in [0.4, 0.5) is 5.69 Å². The fourth-order valence-corrected chi connectivity index (χ4v) is 6.66. The monoisotopic (exact) mass is 536 g/mol. The first-order valence-corrected chi connectivity index (χ1v) is 14.5. The van der Waals surface area contributed by atoms with Crippen LogP contribution in [0.1, 0.15) is 72.9 Å². The fraction of sp³-hybridized carbons (Fsp3) is 0.333. The quantitative estimate of drug-likeness (QED) is 0.247. The molecule has 1 saturated heterocycles. The lowest BCUT2D eigenvalue weighted by Crippen LogP contribution is -2.29. The Balaban J connectivity index is 1.42. The van der Waals surface area contributed by atoms with Gasteiger partial charge in [0.25, 0.3) is 0 Å². The predicted octanol–water partition coefficient (Wildman–Crippen LogP) is 7.55. The first-order valence-electron chi connectivity index (χ1n) is 14.1. The van der Waals surface area contributed by atoms with Gasteiger partial charge in [0.05, 0.1) is 23.9 Å². The second-order valence-electron chi connectivity index (χ2n) is 10.7. The van der Waals surface area contributed by atoms with Crippen LogP contribution in [-0.2, 0) is 6.42 Å². The molecule has 0 unspecified atom stereocenters. The van der Waals surface area contributed by atoms with Crippen LogP contribution in [0.3, 0.4) is 0 Å². The van der Waals surface area contributed by atoms with E-state index in [2.05, 4.69) is 96.2 Å². The van der Waals surface area contributed by atoms with Gasteiger partial charge in [0.1, 0.15) is 5.75 Å². The molecule has 39 heavy (non-hydrogen) atoms. The van der Waals surface area contributed by atoms with Gasteiger partial charge in [-0.05, 0) is 118 Å². The van der Waals surface area contributed by atoms with E-state index in [1.165, 1.54) is 41.0 Å². The Bertz CT molecular complexity index is 1460. The van der Waals surface area contributed by atoms with Crippen molar-refractivity contribution in [2.45, 2.75) is 71.1 Å². The summed E-state index contributed by atoms with van der Waals surface area (Å²) in [4.78, 5) is 7.00. The largest absolute Gasteiger partial charge is 0.490 e. The first-order chi connectivity index (χ1) is 19.0. The molecule has 2 atom stereocenters. The minimum Gasteiger partial charge on any atom is -0.490 e. The Morgan fingerprint density at radius 1 is 0.974 bits per heavy atom. The molecule has 1 saturated carbocycles. The summed E-state index contributed by atoms with van der Waals surface area (Å²) in [7, 11) is 0. The summed E-state index contributed by atoms with van der Waals surface area (Å²) < 4.78 is 8.64. The van der Waals surface area contributed by atoms with Crippen molar-refractivity contribution in [2.24, 2.45) is 0 Å². The summed E-state index contributed by atoms with van der Waals surface area (Å²) in [5, 5.41) is 4.32. The maximum Gasteiger partial charge on any atom is 0.174 e. The predicted molar refractivity (Wildman–Crippen MR) is 162 cm³/mol. The highest BCUT2D eigenvalue weighted by atomic mass is 32.1. The van der Waals surface area contributed by atoms with Crippen molar-refractivity contribution in [1.29, 1.82) is 0 Å². The summed E-state index contributed by atoms with van der Waals surface area (Å²) in [6.07, 6.45) is 7.98. The van der Waals surface area contributed by atoms with Crippen LogP contribution in [0.5, 0.6) is 5.75 Å². The Kier molecular flexibility index (Phi) is 7.13. The minimum atomic E-state index is -0.0801. The Morgan fingerprint density at radius 3 is 2.44 bits per heavy atom. The lowest BCUT2D eigenvalue weighted by molar-refractivity contribution is 0.210. The van der Waals surface area contributed by atoms with Crippen molar-refractivity contribution in [2.75, 3.05) is 4.90 Å². The molecule has 1 N–H and O–H groups in total. The average molecular weight is 537 g/mol. The number of pyridine rings is 1. The summed E-state index contributed by atoms with van der Waals surface area (Å²) >= 11 is 5.99. The van der Waals surface area contributed by atoms with E-state index >= 15 is 0 Å². The average Bonchev–Trinajstić information content (AvgIpc) is 3.67. The SMILES string of the molecule is CCc1ccccc1-n1c(C)cc([C@H]2[C@@H](c3ccccn3)NC(=S)N2c2ccc(OC3CCCC3)cc2)c1C. The molecule has 1 aliphatic carbocycles. The zero-order chi connectivity index (χ0) is 26.9. The number of nitrogens with one attached hydrogen (secondary N) is 1. The van der Waals surface area contributed by atoms with Gasteiger partial charge in [-0.1, -0.05) is 31.2 Å². The number of hydrogen-bond donors (Lipinski definition) is 1. The number of para-hydroxylation sites is 1. The van der Waals surface area contributed by atoms with E-state index in [-0.39, 0.29) is 12.1 Å². The lowest BCUT2D eigenvalue weighted by atomic mass is 9.96. The fourth-order valence-electron chi connectivity index (χ4n) is 6.32. The number of ether oxygens (including phenoxy) is 1. The lowest BCUT2D eigenvalue weighted by Gasteiger charge is -2.28. The molecule has 6 heteroatoms. The van der Waals surface area contributed by atoms with Crippen molar-refractivity contribution in [1.82, 2.24) is 14.9 Å². The van der Waals surface area contributed by atoms with Gasteiger partial charge in [-0.3, -0.25) is 4.98 Å². The normalized spacial score (nSPS) is 19.5. The number of anilines is 1. The van der Waals surface area contributed by atoms with Crippen LogP contribution in [0.2, 0.25) is 0 Å². The van der Waals surface area contributed by atoms with Gasteiger partial charge in [0, 0.05) is 29.0 Å². The molecule has 6 rings (SSSR count).